The van der Waals surface area contributed by atoms with Crippen molar-refractivity contribution in [2.45, 2.75) is 13.5 Å². The molecule has 6 heteroatoms. The van der Waals surface area contributed by atoms with Gasteiger partial charge in [-0.1, -0.05) is 70.5 Å². The number of hydrogen-bond acceptors (Lipinski definition) is 6. The van der Waals surface area contributed by atoms with Crippen molar-refractivity contribution in [1.82, 2.24) is 10.3 Å². The number of benzene rings is 2. The van der Waals surface area contributed by atoms with Gasteiger partial charge in [-0.2, -0.15) is 0 Å². The van der Waals surface area contributed by atoms with E-state index in [1.807, 2.05) is 61.5 Å². The van der Waals surface area contributed by atoms with E-state index < -0.39 is 5.97 Å². The summed E-state index contributed by atoms with van der Waals surface area (Å²) in [4.78, 5) is 12.2. The highest BCUT2D eigenvalue weighted by Gasteiger charge is 2.16. The van der Waals surface area contributed by atoms with E-state index in [2.05, 4.69) is 10.3 Å². The molecule has 0 aliphatic rings. The highest BCUT2D eigenvalue weighted by Crippen LogP contribution is 2.22. The van der Waals surface area contributed by atoms with E-state index in [0.29, 0.717) is 17.2 Å². The predicted octanol–water partition coefficient (Wildman–Crippen LogP) is 4.66. The molecule has 0 spiro atoms. The van der Waals surface area contributed by atoms with Crippen LogP contribution in [0.25, 0.3) is 22.6 Å². The standard InChI is InChI=1S/C21H16N2O4/c1-14-7-9-16(10-8-14)20-12-18(23-27-20)21(24)25-13-17-11-19(26-22-17)15-5-3-2-4-6-15/h2-12H,13H2,1H3. The summed E-state index contributed by atoms with van der Waals surface area (Å²) >= 11 is 0. The van der Waals surface area contributed by atoms with E-state index in [-0.39, 0.29) is 12.3 Å². The van der Waals surface area contributed by atoms with Gasteiger partial charge < -0.3 is 13.8 Å². The molecule has 134 valence electrons. The molecule has 0 fully saturated rings. The predicted molar refractivity (Wildman–Crippen MR) is 97.7 cm³/mol. The zero-order chi connectivity index (χ0) is 18.6. The molecule has 0 atom stereocenters. The van der Waals surface area contributed by atoms with Crippen LogP contribution < -0.4 is 0 Å². The van der Waals surface area contributed by atoms with Crippen LogP contribution in [0, 0.1) is 6.92 Å². The summed E-state index contributed by atoms with van der Waals surface area (Å²) in [6, 6.07) is 20.6. The average molecular weight is 360 g/mol. The van der Waals surface area contributed by atoms with E-state index in [4.69, 9.17) is 13.8 Å². The number of carbonyl (C=O) groups excluding carboxylic acids is 1. The van der Waals surface area contributed by atoms with Crippen LogP contribution in [-0.2, 0) is 11.3 Å². The molecular formula is C21H16N2O4. The molecule has 0 saturated heterocycles. The second kappa shape index (κ2) is 7.29. The van der Waals surface area contributed by atoms with Crippen LogP contribution in [0.15, 0.2) is 75.8 Å². The van der Waals surface area contributed by atoms with Gasteiger partial charge >= 0.3 is 5.97 Å². The summed E-state index contributed by atoms with van der Waals surface area (Å²) in [5.74, 6) is 0.542. The lowest BCUT2D eigenvalue weighted by atomic mass is 10.1. The number of carbonyl (C=O) groups is 1. The van der Waals surface area contributed by atoms with E-state index in [9.17, 15) is 4.79 Å². The number of aryl methyl sites for hydroxylation is 1. The maximum absolute atomic E-state index is 12.2. The molecule has 27 heavy (non-hydrogen) atoms. The van der Waals surface area contributed by atoms with Crippen molar-refractivity contribution in [3.8, 4) is 22.6 Å². The second-order valence-electron chi connectivity index (χ2n) is 6.07. The van der Waals surface area contributed by atoms with Crippen molar-refractivity contribution in [3.63, 3.8) is 0 Å². The van der Waals surface area contributed by atoms with Crippen LogP contribution in [0.3, 0.4) is 0 Å². The maximum Gasteiger partial charge on any atom is 0.360 e. The molecule has 2 aromatic heterocycles. The van der Waals surface area contributed by atoms with Crippen LogP contribution >= 0.6 is 0 Å². The van der Waals surface area contributed by atoms with Crippen molar-refractivity contribution in [3.05, 3.63) is 83.7 Å². The largest absolute Gasteiger partial charge is 0.454 e. The zero-order valence-electron chi connectivity index (χ0n) is 14.6. The number of nitrogens with zero attached hydrogens (tertiary/aromatic N) is 2. The van der Waals surface area contributed by atoms with Crippen molar-refractivity contribution in [2.24, 2.45) is 0 Å². The van der Waals surface area contributed by atoms with Crippen LogP contribution in [0.5, 0.6) is 0 Å². The summed E-state index contributed by atoms with van der Waals surface area (Å²) < 4.78 is 15.8. The smallest absolute Gasteiger partial charge is 0.360 e. The Hall–Kier alpha value is -3.67. The first-order valence-electron chi connectivity index (χ1n) is 8.41. The van der Waals surface area contributed by atoms with Gasteiger partial charge in [0.05, 0.1) is 0 Å². The van der Waals surface area contributed by atoms with Gasteiger partial charge in [-0.25, -0.2) is 4.79 Å². The Morgan fingerprint density at radius 1 is 0.889 bits per heavy atom. The van der Waals surface area contributed by atoms with Gasteiger partial charge in [-0.3, -0.25) is 0 Å². The fourth-order valence-corrected chi connectivity index (χ4v) is 2.56. The van der Waals surface area contributed by atoms with Crippen molar-refractivity contribution in [2.75, 3.05) is 0 Å². The molecule has 0 aliphatic heterocycles. The van der Waals surface area contributed by atoms with Gasteiger partial charge in [0.15, 0.2) is 17.2 Å². The van der Waals surface area contributed by atoms with Gasteiger partial charge in [0.1, 0.15) is 12.3 Å². The molecule has 0 bridgehead atoms. The quantitative estimate of drug-likeness (QED) is 0.482. The minimum Gasteiger partial charge on any atom is -0.454 e. The molecule has 0 saturated carbocycles. The lowest BCUT2D eigenvalue weighted by Crippen LogP contribution is -2.05. The Labute approximate surface area is 155 Å². The Morgan fingerprint density at radius 3 is 2.33 bits per heavy atom. The van der Waals surface area contributed by atoms with E-state index in [0.717, 1.165) is 16.7 Å². The van der Waals surface area contributed by atoms with E-state index >= 15 is 0 Å². The summed E-state index contributed by atoms with van der Waals surface area (Å²) in [6.45, 7) is 1.99. The summed E-state index contributed by atoms with van der Waals surface area (Å²) in [6.07, 6.45) is 0. The summed E-state index contributed by atoms with van der Waals surface area (Å²) in [5, 5.41) is 7.71. The molecule has 0 unspecified atom stereocenters. The first kappa shape index (κ1) is 16.8. The van der Waals surface area contributed by atoms with E-state index in [1.54, 1.807) is 12.1 Å². The third-order valence-electron chi connectivity index (χ3n) is 4.02. The maximum atomic E-state index is 12.2. The highest BCUT2D eigenvalue weighted by molar-refractivity contribution is 5.88. The monoisotopic (exact) mass is 360 g/mol. The number of ether oxygens (including phenoxy) is 1. The second-order valence-corrected chi connectivity index (χ2v) is 6.07. The molecule has 0 amide bonds. The van der Waals surface area contributed by atoms with Gasteiger partial charge in [0.25, 0.3) is 0 Å². The number of aromatic nitrogens is 2. The molecular weight excluding hydrogens is 344 g/mol. The van der Waals surface area contributed by atoms with Gasteiger partial charge in [0, 0.05) is 23.3 Å². The first-order chi connectivity index (χ1) is 13.2. The lowest BCUT2D eigenvalue weighted by Gasteiger charge is -1.98. The van der Waals surface area contributed by atoms with Crippen molar-refractivity contribution >= 4 is 5.97 Å². The highest BCUT2D eigenvalue weighted by atomic mass is 16.5. The Balaban J connectivity index is 1.40. The molecule has 0 radical (unpaired) electrons. The van der Waals surface area contributed by atoms with Gasteiger partial charge in [-0.05, 0) is 6.92 Å². The van der Waals surface area contributed by atoms with Crippen molar-refractivity contribution in [1.29, 1.82) is 0 Å². The van der Waals surface area contributed by atoms with Crippen LogP contribution in [0.4, 0.5) is 0 Å². The number of rotatable bonds is 5. The summed E-state index contributed by atoms with van der Waals surface area (Å²) in [7, 11) is 0. The summed E-state index contributed by atoms with van der Waals surface area (Å²) in [5.41, 5.74) is 3.51. The Morgan fingerprint density at radius 2 is 1.56 bits per heavy atom. The molecule has 4 rings (SSSR count). The van der Waals surface area contributed by atoms with Crippen molar-refractivity contribution < 1.29 is 18.6 Å². The minimum atomic E-state index is -0.582. The topological polar surface area (TPSA) is 78.4 Å². The molecule has 0 aliphatic carbocycles. The molecule has 2 heterocycles. The zero-order valence-corrected chi connectivity index (χ0v) is 14.6. The average Bonchev–Trinajstić information content (AvgIpc) is 3.37. The molecule has 0 N–H and O–H groups in total. The van der Waals surface area contributed by atoms with Gasteiger partial charge in [-0.15, -0.1) is 0 Å². The van der Waals surface area contributed by atoms with Crippen LogP contribution in [-0.4, -0.2) is 16.3 Å². The molecule has 4 aromatic rings. The normalized spacial score (nSPS) is 10.7. The SMILES string of the molecule is Cc1ccc(-c2cc(C(=O)OCc3cc(-c4ccccc4)on3)no2)cc1. The molecule has 2 aromatic carbocycles. The minimum absolute atomic E-state index is 0.0120. The Kier molecular flexibility index (Phi) is 4.53. The lowest BCUT2D eigenvalue weighted by molar-refractivity contribution is 0.0452. The Bertz CT molecular complexity index is 1050. The third-order valence-corrected chi connectivity index (χ3v) is 4.02. The van der Waals surface area contributed by atoms with Crippen LogP contribution in [0.1, 0.15) is 21.7 Å². The third kappa shape index (κ3) is 3.79. The molecule has 6 nitrogen and oxygen atoms in total. The fourth-order valence-electron chi connectivity index (χ4n) is 2.56. The van der Waals surface area contributed by atoms with E-state index in [1.165, 1.54) is 0 Å². The fraction of sp³-hybridized carbons (Fsp3) is 0.0952. The first-order valence-corrected chi connectivity index (χ1v) is 8.41. The number of hydrogen-bond donors (Lipinski definition) is 0. The van der Waals surface area contributed by atoms with Crippen LogP contribution in [0.2, 0.25) is 0 Å². The number of esters is 1. The van der Waals surface area contributed by atoms with Gasteiger partial charge in [0.2, 0.25) is 0 Å².